The molecule has 0 spiro atoms. The average Bonchev–Trinajstić information content (AvgIpc) is 2.02. The van der Waals surface area contributed by atoms with Gasteiger partial charge >= 0.3 is 5.63 Å². The zero-order valence-electron chi connectivity index (χ0n) is 7.05. The van der Waals surface area contributed by atoms with Crippen molar-refractivity contribution in [3.05, 3.63) is 40.2 Å². The molecule has 0 saturated heterocycles. The Hall–Kier alpha value is -1.95. The van der Waals surface area contributed by atoms with Crippen LogP contribution in [-0.2, 0) is 0 Å². The van der Waals surface area contributed by atoms with Gasteiger partial charge in [0.25, 0.3) is 0 Å². The van der Waals surface area contributed by atoms with Crippen LogP contribution in [0, 0.1) is 19.1 Å². The molecule has 2 rings (SSSR count). The van der Waals surface area contributed by atoms with Crippen molar-refractivity contribution in [3.63, 3.8) is 0 Å². The van der Waals surface area contributed by atoms with E-state index in [0.29, 0.717) is 11.3 Å². The topological polar surface area (TPSA) is 56.2 Å². The average molecular weight is 173 g/mol. The zero-order chi connectivity index (χ0) is 9.42. The normalized spacial score (nSPS) is 9.92. The molecule has 2 aromatic rings. The Morgan fingerprint density at radius 1 is 1.38 bits per heavy atom. The molecule has 1 heterocycles. The number of hydrogen-bond acceptors (Lipinski definition) is 3. The molecule has 1 aromatic carbocycles. The minimum Gasteiger partial charge on any atom is -0.422 e. The number of hydrogen-bond donors (Lipinski definition) is 1. The van der Waals surface area contributed by atoms with E-state index in [1.807, 2.05) is 6.92 Å². The van der Waals surface area contributed by atoms with E-state index in [1.165, 1.54) is 6.07 Å². The molecule has 0 aliphatic rings. The summed E-state index contributed by atoms with van der Waals surface area (Å²) in [5.41, 5.74) is 6.80. The Morgan fingerprint density at radius 2 is 2.15 bits per heavy atom. The molecule has 0 radical (unpaired) electrons. The van der Waals surface area contributed by atoms with E-state index >= 15 is 0 Å². The molecule has 2 N–H and O–H groups in total. The van der Waals surface area contributed by atoms with Crippen LogP contribution in [0.15, 0.2) is 21.3 Å². The first kappa shape index (κ1) is 7.69. The van der Waals surface area contributed by atoms with Crippen molar-refractivity contribution in [3.8, 4) is 0 Å². The molecule has 64 valence electrons. The van der Waals surface area contributed by atoms with Gasteiger partial charge in [-0.25, -0.2) is 4.79 Å². The fourth-order valence-electron chi connectivity index (χ4n) is 1.21. The van der Waals surface area contributed by atoms with Crippen LogP contribution in [0.5, 0.6) is 0 Å². The molecule has 0 fully saturated rings. The summed E-state index contributed by atoms with van der Waals surface area (Å²) >= 11 is 0. The molecular formula is C10H7NO2. The van der Waals surface area contributed by atoms with Crippen molar-refractivity contribution >= 4 is 16.7 Å². The third-order valence-corrected chi connectivity index (χ3v) is 1.80. The summed E-state index contributed by atoms with van der Waals surface area (Å²) in [6, 6.07) is 8.55. The van der Waals surface area contributed by atoms with Gasteiger partial charge < -0.3 is 10.2 Å². The SMILES string of the molecule is Cc1cc(=O)oc2cc(N)c#cc12. The van der Waals surface area contributed by atoms with Crippen LogP contribution in [0.25, 0.3) is 11.0 Å². The molecule has 0 bridgehead atoms. The quantitative estimate of drug-likeness (QED) is 0.653. The van der Waals surface area contributed by atoms with Crippen molar-refractivity contribution in [1.29, 1.82) is 0 Å². The van der Waals surface area contributed by atoms with Crippen LogP contribution < -0.4 is 11.4 Å². The minimum absolute atomic E-state index is 0.371. The van der Waals surface area contributed by atoms with Crippen molar-refractivity contribution in [2.45, 2.75) is 6.92 Å². The van der Waals surface area contributed by atoms with Crippen molar-refractivity contribution in [2.24, 2.45) is 0 Å². The lowest BCUT2D eigenvalue weighted by molar-refractivity contribution is 0.560. The third-order valence-electron chi connectivity index (χ3n) is 1.80. The first-order valence-corrected chi connectivity index (χ1v) is 3.81. The fourth-order valence-corrected chi connectivity index (χ4v) is 1.21. The Morgan fingerprint density at radius 3 is 2.92 bits per heavy atom. The van der Waals surface area contributed by atoms with E-state index in [-0.39, 0.29) is 5.63 Å². The highest BCUT2D eigenvalue weighted by Gasteiger charge is 2.00. The highest BCUT2D eigenvalue weighted by atomic mass is 16.4. The number of aryl methyl sites for hydroxylation is 1. The summed E-state index contributed by atoms with van der Waals surface area (Å²) in [7, 11) is 0. The maximum atomic E-state index is 11.0. The van der Waals surface area contributed by atoms with E-state index in [2.05, 4.69) is 12.1 Å². The molecule has 0 amide bonds. The first-order chi connectivity index (χ1) is 6.16. The fraction of sp³-hybridized carbons (Fsp3) is 0.100. The predicted molar refractivity (Wildman–Crippen MR) is 49.3 cm³/mol. The Balaban J connectivity index is 2.94. The maximum Gasteiger partial charge on any atom is 0.336 e. The van der Waals surface area contributed by atoms with Gasteiger partial charge in [-0.1, -0.05) is 6.07 Å². The Labute approximate surface area is 74.8 Å². The maximum absolute atomic E-state index is 11.0. The smallest absolute Gasteiger partial charge is 0.336 e. The number of nitrogens with two attached hydrogens (primary N) is 1. The molecule has 1 aromatic heterocycles. The number of rotatable bonds is 0. The molecule has 0 aliphatic heterocycles. The second-order valence-electron chi connectivity index (χ2n) is 2.84. The second kappa shape index (κ2) is 2.53. The van der Waals surface area contributed by atoms with Gasteiger partial charge in [0.05, 0.1) is 11.1 Å². The largest absolute Gasteiger partial charge is 0.422 e. The minimum atomic E-state index is -0.371. The monoisotopic (exact) mass is 173 g/mol. The van der Waals surface area contributed by atoms with Gasteiger partial charge in [0, 0.05) is 12.1 Å². The van der Waals surface area contributed by atoms with E-state index < -0.39 is 0 Å². The molecular weight excluding hydrogens is 166 g/mol. The second-order valence-corrected chi connectivity index (χ2v) is 2.84. The molecule has 13 heavy (non-hydrogen) atoms. The van der Waals surface area contributed by atoms with Crippen LogP contribution >= 0.6 is 0 Å². The van der Waals surface area contributed by atoms with Gasteiger partial charge in [0.15, 0.2) is 0 Å². The number of nitrogen functional groups attached to an aromatic ring is 1. The number of anilines is 1. The van der Waals surface area contributed by atoms with Gasteiger partial charge in [0.2, 0.25) is 0 Å². The van der Waals surface area contributed by atoms with Crippen molar-refractivity contribution < 1.29 is 4.42 Å². The summed E-state index contributed by atoms with van der Waals surface area (Å²) in [5.74, 6) is 0. The predicted octanol–water partition coefficient (Wildman–Crippen LogP) is 1.28. The molecule has 0 unspecified atom stereocenters. The first-order valence-electron chi connectivity index (χ1n) is 3.81. The van der Waals surface area contributed by atoms with E-state index in [1.54, 1.807) is 6.07 Å². The molecule has 3 heteroatoms. The van der Waals surface area contributed by atoms with Gasteiger partial charge in [0.1, 0.15) is 5.58 Å². The zero-order valence-corrected chi connectivity index (χ0v) is 7.05. The van der Waals surface area contributed by atoms with Crippen LogP contribution in [0.2, 0.25) is 0 Å². The van der Waals surface area contributed by atoms with Crippen LogP contribution in [-0.4, -0.2) is 0 Å². The molecule has 0 atom stereocenters. The lowest BCUT2D eigenvalue weighted by atomic mass is 10.2. The van der Waals surface area contributed by atoms with Gasteiger partial charge in [-0.3, -0.25) is 0 Å². The molecule has 0 saturated carbocycles. The molecule has 0 aliphatic carbocycles. The Kier molecular flexibility index (Phi) is 1.49. The lowest BCUT2D eigenvalue weighted by Crippen LogP contribution is -1.97. The van der Waals surface area contributed by atoms with E-state index in [0.717, 1.165) is 10.9 Å². The van der Waals surface area contributed by atoms with Crippen LogP contribution in [0.1, 0.15) is 5.56 Å². The van der Waals surface area contributed by atoms with Gasteiger partial charge in [-0.2, -0.15) is 0 Å². The van der Waals surface area contributed by atoms with Gasteiger partial charge in [-0.05, 0) is 18.6 Å². The highest BCUT2D eigenvalue weighted by molar-refractivity contribution is 5.80. The standard InChI is InChI=1S/C10H7NO2/c1-6-4-10(12)13-9-5-7(11)2-3-8(6)9/h4-5H,11H2,1H3. The summed E-state index contributed by atoms with van der Waals surface area (Å²) < 4.78 is 4.94. The summed E-state index contributed by atoms with van der Waals surface area (Å²) in [6.07, 6.45) is 0. The van der Waals surface area contributed by atoms with Crippen LogP contribution in [0.3, 0.4) is 0 Å². The van der Waals surface area contributed by atoms with E-state index in [9.17, 15) is 4.79 Å². The lowest BCUT2D eigenvalue weighted by Gasteiger charge is -1.96. The Bertz CT molecular complexity index is 514. The molecule has 3 nitrogen and oxygen atoms in total. The number of fused-ring (bicyclic) bond motifs is 1. The van der Waals surface area contributed by atoms with E-state index in [4.69, 9.17) is 10.2 Å². The highest BCUT2D eigenvalue weighted by Crippen LogP contribution is 2.14. The van der Waals surface area contributed by atoms with Crippen LogP contribution in [0.4, 0.5) is 5.69 Å². The summed E-state index contributed by atoms with van der Waals surface area (Å²) in [5, 5.41) is 0.744. The van der Waals surface area contributed by atoms with Crippen molar-refractivity contribution in [2.75, 3.05) is 5.73 Å². The van der Waals surface area contributed by atoms with Crippen molar-refractivity contribution in [1.82, 2.24) is 0 Å². The third kappa shape index (κ3) is 1.23. The summed E-state index contributed by atoms with van der Waals surface area (Å²) in [4.78, 5) is 11.0. The summed E-state index contributed by atoms with van der Waals surface area (Å²) in [6.45, 7) is 1.82. The van der Waals surface area contributed by atoms with Gasteiger partial charge in [-0.15, -0.1) is 0 Å².